The second-order valence-corrected chi connectivity index (χ2v) is 4.55. The van der Waals surface area contributed by atoms with Crippen LogP contribution in [0, 0.1) is 0 Å². The lowest BCUT2D eigenvalue weighted by molar-refractivity contribution is -0.113. The number of hydrogen-bond acceptors (Lipinski definition) is 2. The van der Waals surface area contributed by atoms with E-state index < -0.39 is 0 Å². The van der Waals surface area contributed by atoms with Crippen LogP contribution in [0.2, 0.25) is 5.02 Å². The summed E-state index contributed by atoms with van der Waals surface area (Å²) < 4.78 is 10.4. The number of halogens is 1. The van der Waals surface area contributed by atoms with Gasteiger partial charge in [0.1, 0.15) is 6.79 Å². The normalized spacial score (nSPS) is 11.7. The van der Waals surface area contributed by atoms with E-state index in [4.69, 9.17) is 21.1 Å². The first-order valence-corrected chi connectivity index (χ1v) is 5.29. The van der Waals surface area contributed by atoms with E-state index in [0.29, 0.717) is 6.79 Å². The van der Waals surface area contributed by atoms with E-state index in [9.17, 15) is 0 Å². The van der Waals surface area contributed by atoms with Crippen molar-refractivity contribution in [3.8, 4) is 0 Å². The molecule has 0 radical (unpaired) electrons. The lowest BCUT2D eigenvalue weighted by Crippen LogP contribution is -2.28. The van der Waals surface area contributed by atoms with Crippen molar-refractivity contribution in [1.82, 2.24) is 0 Å². The molecule has 0 N–H and O–H groups in total. The molecule has 0 saturated heterocycles. The van der Waals surface area contributed by atoms with Gasteiger partial charge in [-0.15, -0.1) is 0 Å². The van der Waals surface area contributed by atoms with E-state index >= 15 is 0 Å². The van der Waals surface area contributed by atoms with Gasteiger partial charge in [-0.2, -0.15) is 0 Å². The molecule has 0 fully saturated rings. The third-order valence-electron chi connectivity index (χ3n) is 2.11. The van der Waals surface area contributed by atoms with Gasteiger partial charge in [0.2, 0.25) is 0 Å². The van der Waals surface area contributed by atoms with Crippen LogP contribution in [0.5, 0.6) is 0 Å². The Hall–Kier alpha value is -0.570. The van der Waals surface area contributed by atoms with E-state index in [1.807, 2.05) is 38.1 Å². The first-order valence-electron chi connectivity index (χ1n) is 4.91. The average Bonchev–Trinajstić information content (AvgIpc) is 2.18. The molecule has 0 spiro atoms. The highest BCUT2D eigenvalue weighted by atomic mass is 35.5. The Kier molecular flexibility index (Phi) is 4.58. The van der Waals surface area contributed by atoms with Crippen LogP contribution in [0.1, 0.15) is 19.4 Å². The molecule has 0 aromatic heterocycles. The molecular formula is C12H17ClO2. The maximum atomic E-state index is 5.82. The Bertz CT molecular complexity index is 293. The Morgan fingerprint density at radius 2 is 1.80 bits per heavy atom. The van der Waals surface area contributed by atoms with Gasteiger partial charge in [-0.1, -0.05) is 23.7 Å². The Morgan fingerprint density at radius 1 is 1.20 bits per heavy atom. The molecule has 0 heterocycles. The molecule has 1 aromatic rings. The highest BCUT2D eigenvalue weighted by Crippen LogP contribution is 2.18. The predicted octanol–water partition coefficient (Wildman–Crippen LogP) is 3.28. The Morgan fingerprint density at radius 3 is 2.33 bits per heavy atom. The summed E-state index contributed by atoms with van der Waals surface area (Å²) in [5.74, 6) is 0. The molecule has 2 nitrogen and oxygen atoms in total. The maximum absolute atomic E-state index is 5.82. The zero-order chi connectivity index (χ0) is 11.3. The quantitative estimate of drug-likeness (QED) is 0.721. The van der Waals surface area contributed by atoms with Crippen LogP contribution >= 0.6 is 11.6 Å². The Labute approximate surface area is 96.2 Å². The molecular weight excluding hydrogens is 212 g/mol. The second kappa shape index (κ2) is 5.50. The summed E-state index contributed by atoms with van der Waals surface area (Å²) in [6.07, 6.45) is 0.841. The average molecular weight is 229 g/mol. The van der Waals surface area contributed by atoms with Gasteiger partial charge >= 0.3 is 0 Å². The van der Waals surface area contributed by atoms with Gasteiger partial charge in [0.15, 0.2) is 0 Å². The van der Waals surface area contributed by atoms with Crippen molar-refractivity contribution in [2.24, 2.45) is 0 Å². The van der Waals surface area contributed by atoms with Crippen LogP contribution in [0.4, 0.5) is 0 Å². The van der Waals surface area contributed by atoms with E-state index in [0.717, 1.165) is 11.4 Å². The first-order chi connectivity index (χ1) is 7.03. The topological polar surface area (TPSA) is 18.5 Å². The molecule has 3 heteroatoms. The fourth-order valence-electron chi connectivity index (χ4n) is 1.36. The van der Waals surface area contributed by atoms with Crippen molar-refractivity contribution in [2.45, 2.75) is 25.9 Å². The van der Waals surface area contributed by atoms with Gasteiger partial charge in [0.25, 0.3) is 0 Å². The van der Waals surface area contributed by atoms with Crippen LogP contribution in [0.3, 0.4) is 0 Å². The monoisotopic (exact) mass is 228 g/mol. The largest absolute Gasteiger partial charge is 0.359 e. The molecule has 0 amide bonds. The minimum atomic E-state index is -0.218. The van der Waals surface area contributed by atoms with Gasteiger partial charge < -0.3 is 9.47 Å². The summed E-state index contributed by atoms with van der Waals surface area (Å²) in [5.41, 5.74) is 0.990. The van der Waals surface area contributed by atoms with Gasteiger partial charge in [-0.25, -0.2) is 0 Å². The molecule has 0 aliphatic heterocycles. The van der Waals surface area contributed by atoms with Crippen LogP contribution in [-0.4, -0.2) is 19.5 Å². The second-order valence-electron chi connectivity index (χ2n) is 4.11. The van der Waals surface area contributed by atoms with Crippen molar-refractivity contribution >= 4 is 11.6 Å². The van der Waals surface area contributed by atoms with E-state index in [1.54, 1.807) is 7.11 Å². The zero-order valence-electron chi connectivity index (χ0n) is 9.42. The third kappa shape index (κ3) is 4.65. The molecule has 84 valence electrons. The van der Waals surface area contributed by atoms with E-state index in [1.165, 1.54) is 5.56 Å². The number of rotatable bonds is 5. The molecule has 0 saturated carbocycles. The summed E-state index contributed by atoms with van der Waals surface area (Å²) in [6.45, 7) is 4.40. The molecule has 0 aliphatic carbocycles. The van der Waals surface area contributed by atoms with E-state index in [2.05, 4.69) is 0 Å². The first kappa shape index (κ1) is 12.5. The summed E-state index contributed by atoms with van der Waals surface area (Å²) in [4.78, 5) is 0. The number of hydrogen-bond donors (Lipinski definition) is 0. The standard InChI is InChI=1S/C12H17ClO2/c1-12(2,15-9-14-3)8-10-4-6-11(13)7-5-10/h4-7H,8-9H2,1-3H3. The zero-order valence-corrected chi connectivity index (χ0v) is 10.2. The fourth-order valence-corrected chi connectivity index (χ4v) is 1.49. The van der Waals surface area contributed by atoms with Crippen molar-refractivity contribution in [3.05, 3.63) is 34.9 Å². The third-order valence-corrected chi connectivity index (χ3v) is 2.36. The molecule has 15 heavy (non-hydrogen) atoms. The van der Waals surface area contributed by atoms with Crippen molar-refractivity contribution < 1.29 is 9.47 Å². The van der Waals surface area contributed by atoms with Crippen molar-refractivity contribution in [2.75, 3.05) is 13.9 Å². The molecule has 1 rings (SSSR count). The molecule has 0 bridgehead atoms. The van der Waals surface area contributed by atoms with Gasteiger partial charge in [-0.3, -0.25) is 0 Å². The lowest BCUT2D eigenvalue weighted by Gasteiger charge is -2.24. The maximum Gasteiger partial charge on any atom is 0.147 e. The minimum Gasteiger partial charge on any atom is -0.359 e. The van der Waals surface area contributed by atoms with Gasteiger partial charge in [0.05, 0.1) is 5.60 Å². The van der Waals surface area contributed by atoms with E-state index in [-0.39, 0.29) is 5.60 Å². The van der Waals surface area contributed by atoms with Gasteiger partial charge in [-0.05, 0) is 31.5 Å². The summed E-state index contributed by atoms with van der Waals surface area (Å²) in [7, 11) is 1.62. The molecule has 1 aromatic carbocycles. The summed E-state index contributed by atoms with van der Waals surface area (Å²) in [6, 6.07) is 7.81. The number of benzene rings is 1. The van der Waals surface area contributed by atoms with Crippen LogP contribution in [0.15, 0.2) is 24.3 Å². The van der Waals surface area contributed by atoms with Crippen LogP contribution < -0.4 is 0 Å². The highest BCUT2D eigenvalue weighted by molar-refractivity contribution is 6.30. The number of ether oxygens (including phenoxy) is 2. The fraction of sp³-hybridized carbons (Fsp3) is 0.500. The predicted molar refractivity (Wildman–Crippen MR) is 62.2 cm³/mol. The van der Waals surface area contributed by atoms with Gasteiger partial charge in [0, 0.05) is 18.6 Å². The summed E-state index contributed by atoms with van der Waals surface area (Å²) >= 11 is 5.82. The van der Waals surface area contributed by atoms with Crippen LogP contribution in [-0.2, 0) is 15.9 Å². The molecule has 0 aliphatic rings. The SMILES string of the molecule is COCOC(C)(C)Cc1ccc(Cl)cc1. The summed E-state index contributed by atoms with van der Waals surface area (Å²) in [5, 5.41) is 0.759. The molecule has 0 unspecified atom stereocenters. The Balaban J connectivity index is 2.56. The minimum absolute atomic E-state index is 0.218. The highest BCUT2D eigenvalue weighted by Gasteiger charge is 2.18. The lowest BCUT2D eigenvalue weighted by atomic mass is 9.98. The number of methoxy groups -OCH3 is 1. The van der Waals surface area contributed by atoms with Crippen molar-refractivity contribution in [3.63, 3.8) is 0 Å². The van der Waals surface area contributed by atoms with Crippen LogP contribution in [0.25, 0.3) is 0 Å². The smallest absolute Gasteiger partial charge is 0.147 e. The molecule has 0 atom stereocenters. The van der Waals surface area contributed by atoms with Crippen molar-refractivity contribution in [1.29, 1.82) is 0 Å².